The van der Waals surface area contributed by atoms with Crippen LogP contribution in [0.2, 0.25) is 0 Å². The van der Waals surface area contributed by atoms with E-state index in [4.69, 9.17) is 4.74 Å². The fraction of sp³-hybridized carbons (Fsp3) is 0.808. The van der Waals surface area contributed by atoms with Crippen molar-refractivity contribution in [1.82, 2.24) is 20.9 Å². The number of piperidine rings is 1. The maximum Gasteiger partial charge on any atom is 0.249 e. The molecule has 10 heteroatoms. The molecule has 1 saturated carbocycles. The molecule has 0 spiro atoms. The second-order valence-electron chi connectivity index (χ2n) is 12.4. The van der Waals surface area contributed by atoms with E-state index in [2.05, 4.69) is 35.9 Å². The van der Waals surface area contributed by atoms with E-state index >= 15 is 0 Å². The Morgan fingerprint density at radius 2 is 1.94 bits per heavy atom. The Labute approximate surface area is 212 Å². The van der Waals surface area contributed by atoms with Gasteiger partial charge < -0.3 is 25.6 Å². The van der Waals surface area contributed by atoms with E-state index in [0.29, 0.717) is 32.5 Å². The Hall–Kier alpha value is -2.67. The summed E-state index contributed by atoms with van der Waals surface area (Å²) in [6.45, 7) is 11.4. The second kappa shape index (κ2) is 9.66. The SMILES string of the molecule is CC(C)(C)[C@H](NC(=O)[C@H]1CCCO1)C(=O)N1C[C@H]2[C@@H]([C@H]1C(=O)N[C@H](C#N)C[C@@H]1CCNC1=O)C2(C)C. The van der Waals surface area contributed by atoms with Crippen LogP contribution in [-0.2, 0) is 23.9 Å². The molecule has 4 aliphatic rings. The first kappa shape index (κ1) is 26.4. The van der Waals surface area contributed by atoms with Gasteiger partial charge in [-0.1, -0.05) is 34.6 Å². The number of fused-ring (bicyclic) bond motifs is 1. The lowest BCUT2D eigenvalue weighted by Crippen LogP contribution is -2.60. The largest absolute Gasteiger partial charge is 0.368 e. The van der Waals surface area contributed by atoms with E-state index in [1.165, 1.54) is 0 Å². The van der Waals surface area contributed by atoms with Crippen LogP contribution in [0.15, 0.2) is 0 Å². The smallest absolute Gasteiger partial charge is 0.249 e. The highest BCUT2D eigenvalue weighted by Gasteiger charge is 2.69. The van der Waals surface area contributed by atoms with Crippen molar-refractivity contribution in [2.24, 2.45) is 28.6 Å². The predicted molar refractivity (Wildman–Crippen MR) is 130 cm³/mol. The summed E-state index contributed by atoms with van der Waals surface area (Å²) in [5, 5.41) is 18.2. The summed E-state index contributed by atoms with van der Waals surface area (Å²) in [5.74, 6) is -1.21. The van der Waals surface area contributed by atoms with Gasteiger partial charge in [-0.25, -0.2) is 0 Å². The molecular weight excluding hydrogens is 462 g/mol. The molecule has 3 aliphatic heterocycles. The Balaban J connectivity index is 1.50. The summed E-state index contributed by atoms with van der Waals surface area (Å²) in [4.78, 5) is 53.8. The first-order valence-corrected chi connectivity index (χ1v) is 13.1. The average Bonchev–Trinajstić information content (AvgIpc) is 3.38. The van der Waals surface area contributed by atoms with Gasteiger partial charge in [0.2, 0.25) is 23.6 Å². The van der Waals surface area contributed by atoms with Gasteiger partial charge in [-0.05, 0) is 48.3 Å². The lowest BCUT2D eigenvalue weighted by atomic mass is 9.85. The number of hydrogen-bond acceptors (Lipinski definition) is 6. The van der Waals surface area contributed by atoms with Gasteiger partial charge >= 0.3 is 0 Å². The molecule has 0 aromatic rings. The van der Waals surface area contributed by atoms with Gasteiger partial charge in [0.25, 0.3) is 0 Å². The van der Waals surface area contributed by atoms with Gasteiger partial charge in [-0.3, -0.25) is 19.2 Å². The lowest BCUT2D eigenvalue weighted by molar-refractivity contribution is -0.147. The highest BCUT2D eigenvalue weighted by Crippen LogP contribution is 2.65. The molecule has 0 radical (unpaired) electrons. The van der Waals surface area contributed by atoms with Gasteiger partial charge in [0.15, 0.2) is 0 Å². The molecule has 1 aliphatic carbocycles. The molecule has 3 N–H and O–H groups in total. The van der Waals surface area contributed by atoms with E-state index < -0.39 is 29.6 Å². The summed E-state index contributed by atoms with van der Waals surface area (Å²) in [6, 6.07) is -0.250. The standard InChI is InChI=1S/C26H39N5O5/c1-25(2,3)20(30-22(33)17-7-6-10-36-17)24(35)31-13-16-18(26(16,4)5)19(31)23(34)29-15(12-27)11-14-8-9-28-21(14)32/h14-20H,6-11,13H2,1-5H3,(H,28,32)(H,29,34)(H,30,33)/t14-,15-,16-,17+,18-,19-,20+/m0/s1. The number of carbonyl (C=O) groups excluding carboxylic acids is 4. The number of nitrogens with one attached hydrogen (secondary N) is 3. The summed E-state index contributed by atoms with van der Waals surface area (Å²) in [7, 11) is 0. The number of nitrogens with zero attached hydrogens (tertiary/aromatic N) is 2. The van der Waals surface area contributed by atoms with E-state index in [9.17, 15) is 24.4 Å². The molecule has 10 nitrogen and oxygen atoms in total. The third-order valence-electron chi connectivity index (χ3n) is 8.54. The maximum absolute atomic E-state index is 13.9. The van der Waals surface area contributed by atoms with Crippen molar-refractivity contribution in [1.29, 1.82) is 5.26 Å². The fourth-order valence-corrected chi connectivity index (χ4v) is 6.20. The van der Waals surface area contributed by atoms with E-state index in [-0.39, 0.29) is 53.2 Å². The van der Waals surface area contributed by atoms with Crippen LogP contribution in [0.25, 0.3) is 0 Å². The van der Waals surface area contributed by atoms with Gasteiger partial charge in [-0.15, -0.1) is 0 Å². The van der Waals surface area contributed by atoms with Gasteiger partial charge in [0.1, 0.15) is 24.2 Å². The molecule has 3 heterocycles. The predicted octanol–water partition coefficient (Wildman–Crippen LogP) is 0.714. The monoisotopic (exact) mass is 501 g/mol. The highest BCUT2D eigenvalue weighted by molar-refractivity contribution is 5.95. The zero-order chi connectivity index (χ0) is 26.4. The van der Waals surface area contributed by atoms with Crippen molar-refractivity contribution < 1.29 is 23.9 Å². The Morgan fingerprint density at radius 3 is 2.50 bits per heavy atom. The molecule has 0 unspecified atom stereocenters. The van der Waals surface area contributed by atoms with Crippen molar-refractivity contribution >= 4 is 23.6 Å². The Bertz CT molecular complexity index is 961. The van der Waals surface area contributed by atoms with Crippen molar-refractivity contribution in [3.63, 3.8) is 0 Å². The third kappa shape index (κ3) is 4.95. The van der Waals surface area contributed by atoms with Gasteiger partial charge in [-0.2, -0.15) is 5.26 Å². The first-order valence-electron chi connectivity index (χ1n) is 13.1. The molecule has 0 aromatic carbocycles. The second-order valence-corrected chi connectivity index (χ2v) is 12.4. The molecule has 36 heavy (non-hydrogen) atoms. The first-order chi connectivity index (χ1) is 16.9. The minimum absolute atomic E-state index is 0.0231. The maximum atomic E-state index is 13.9. The van der Waals surface area contributed by atoms with E-state index in [1.807, 2.05) is 20.8 Å². The topological polar surface area (TPSA) is 141 Å². The number of hydrogen-bond donors (Lipinski definition) is 3. The zero-order valence-electron chi connectivity index (χ0n) is 21.9. The van der Waals surface area contributed by atoms with E-state index in [1.54, 1.807) is 4.90 Å². The van der Waals surface area contributed by atoms with Crippen LogP contribution in [0, 0.1) is 39.9 Å². The minimum Gasteiger partial charge on any atom is -0.368 e. The van der Waals surface area contributed by atoms with Gasteiger partial charge in [0.05, 0.1) is 6.07 Å². The molecule has 0 bridgehead atoms. The fourth-order valence-electron chi connectivity index (χ4n) is 6.20. The number of likely N-dealkylation sites (tertiary alicyclic amines) is 1. The van der Waals surface area contributed by atoms with E-state index in [0.717, 1.165) is 6.42 Å². The lowest BCUT2D eigenvalue weighted by Gasteiger charge is -2.38. The number of amides is 4. The van der Waals surface area contributed by atoms with Crippen LogP contribution in [0.1, 0.15) is 60.3 Å². The number of rotatable bonds is 7. The molecule has 3 saturated heterocycles. The number of nitriles is 1. The zero-order valence-corrected chi connectivity index (χ0v) is 21.9. The van der Waals surface area contributed by atoms with Crippen LogP contribution >= 0.6 is 0 Å². The molecule has 4 rings (SSSR count). The van der Waals surface area contributed by atoms with Crippen molar-refractivity contribution in [2.45, 2.75) is 84.5 Å². The number of ether oxygens (including phenoxy) is 1. The minimum atomic E-state index is -0.820. The quantitative estimate of drug-likeness (QED) is 0.469. The third-order valence-corrected chi connectivity index (χ3v) is 8.54. The average molecular weight is 502 g/mol. The summed E-state index contributed by atoms with van der Waals surface area (Å²) < 4.78 is 5.50. The Kier molecular flexibility index (Phi) is 7.08. The van der Waals surface area contributed by atoms with Crippen LogP contribution in [0.4, 0.5) is 0 Å². The van der Waals surface area contributed by atoms with Crippen LogP contribution in [0.5, 0.6) is 0 Å². The van der Waals surface area contributed by atoms with Gasteiger partial charge in [0, 0.05) is 25.6 Å². The molecule has 4 amide bonds. The van der Waals surface area contributed by atoms with Crippen LogP contribution < -0.4 is 16.0 Å². The Morgan fingerprint density at radius 1 is 1.22 bits per heavy atom. The molecule has 198 valence electrons. The van der Waals surface area contributed by atoms with Crippen molar-refractivity contribution in [2.75, 3.05) is 19.7 Å². The highest BCUT2D eigenvalue weighted by atomic mass is 16.5. The van der Waals surface area contributed by atoms with Crippen molar-refractivity contribution in [3.05, 3.63) is 0 Å². The number of carbonyl (C=O) groups is 4. The normalized spacial score (nSPS) is 32.2. The molecule has 0 aromatic heterocycles. The molecular formula is C26H39N5O5. The van der Waals surface area contributed by atoms with Crippen LogP contribution in [0.3, 0.4) is 0 Å². The summed E-state index contributed by atoms with van der Waals surface area (Å²) in [6.07, 6.45) is 1.75. The van der Waals surface area contributed by atoms with Crippen molar-refractivity contribution in [3.8, 4) is 6.07 Å². The molecule has 7 atom stereocenters. The molecule has 4 fully saturated rings. The summed E-state index contributed by atoms with van der Waals surface area (Å²) >= 11 is 0. The summed E-state index contributed by atoms with van der Waals surface area (Å²) in [5.41, 5.74) is -0.676. The van der Waals surface area contributed by atoms with Crippen LogP contribution in [-0.4, -0.2) is 72.5 Å².